The third kappa shape index (κ3) is 5.90. The minimum absolute atomic E-state index is 0.142. The van der Waals surface area contributed by atoms with Crippen LogP contribution >= 0.6 is 0 Å². The van der Waals surface area contributed by atoms with Crippen molar-refractivity contribution in [3.8, 4) is 5.75 Å². The lowest BCUT2D eigenvalue weighted by Crippen LogP contribution is -2.40. The number of rotatable bonds is 8. The van der Waals surface area contributed by atoms with Gasteiger partial charge in [0.1, 0.15) is 18.1 Å². The van der Waals surface area contributed by atoms with Crippen molar-refractivity contribution in [1.29, 1.82) is 0 Å². The molecule has 6 heteroatoms. The molecular weight excluding hydrogens is 488 g/mol. The number of furan rings is 1. The molecule has 0 saturated carbocycles. The quantitative estimate of drug-likeness (QED) is 0.272. The Morgan fingerprint density at radius 1 is 1.00 bits per heavy atom. The second-order valence-electron chi connectivity index (χ2n) is 10.1. The van der Waals surface area contributed by atoms with Gasteiger partial charge in [0.2, 0.25) is 5.91 Å². The molecule has 0 fully saturated rings. The van der Waals surface area contributed by atoms with Crippen molar-refractivity contribution in [2.24, 2.45) is 0 Å². The van der Waals surface area contributed by atoms with Gasteiger partial charge in [-0.2, -0.15) is 0 Å². The first-order valence-corrected chi connectivity index (χ1v) is 13.4. The Morgan fingerprint density at radius 2 is 1.82 bits per heavy atom. The largest absolute Gasteiger partial charge is 0.486 e. The number of ether oxygens (including phenoxy) is 1. The van der Waals surface area contributed by atoms with E-state index in [9.17, 15) is 9.59 Å². The first-order valence-electron chi connectivity index (χ1n) is 13.4. The average molecular weight is 523 g/mol. The minimum Gasteiger partial charge on any atom is -0.486 e. The van der Waals surface area contributed by atoms with E-state index in [1.54, 1.807) is 24.1 Å². The number of benzene rings is 3. The molecule has 0 spiro atoms. The first kappa shape index (κ1) is 26.3. The highest BCUT2D eigenvalue weighted by atomic mass is 16.5. The molecule has 0 aliphatic carbocycles. The molecule has 200 valence electrons. The Balaban J connectivity index is 1.31. The molecular formula is C33H34N2O4. The Morgan fingerprint density at radius 3 is 2.59 bits per heavy atom. The molecule has 0 N–H and O–H groups in total. The molecule has 0 bridgehead atoms. The highest BCUT2D eigenvalue weighted by Crippen LogP contribution is 2.38. The molecule has 0 saturated heterocycles. The van der Waals surface area contributed by atoms with E-state index < -0.39 is 0 Å². The van der Waals surface area contributed by atoms with Gasteiger partial charge in [0, 0.05) is 26.6 Å². The molecule has 5 rings (SSSR count). The molecule has 1 atom stereocenters. The van der Waals surface area contributed by atoms with Crippen LogP contribution in [0.1, 0.15) is 63.5 Å². The highest BCUT2D eigenvalue weighted by Gasteiger charge is 2.31. The number of aryl methyl sites for hydroxylation is 1. The fraction of sp³-hybridized carbons (Fsp3) is 0.273. The van der Waals surface area contributed by atoms with Crippen molar-refractivity contribution >= 4 is 11.8 Å². The van der Waals surface area contributed by atoms with Gasteiger partial charge in [-0.15, -0.1) is 0 Å². The number of carbonyl (C=O) groups excluding carboxylic acids is 2. The van der Waals surface area contributed by atoms with Crippen molar-refractivity contribution < 1.29 is 18.7 Å². The fourth-order valence-electron chi connectivity index (χ4n) is 5.20. The Labute approximate surface area is 229 Å². The normalized spacial score (nSPS) is 14.5. The van der Waals surface area contributed by atoms with Gasteiger partial charge in [-0.3, -0.25) is 9.59 Å². The summed E-state index contributed by atoms with van der Waals surface area (Å²) in [5.41, 5.74) is 5.63. The lowest BCUT2D eigenvalue weighted by molar-refractivity contribution is -0.132. The maximum Gasteiger partial charge on any atom is 0.289 e. The summed E-state index contributed by atoms with van der Waals surface area (Å²) in [6.45, 7) is 5.37. The zero-order chi connectivity index (χ0) is 27.4. The van der Waals surface area contributed by atoms with Crippen LogP contribution < -0.4 is 4.74 Å². The summed E-state index contributed by atoms with van der Waals surface area (Å²) in [7, 11) is 1.76. The summed E-state index contributed by atoms with van der Waals surface area (Å²) < 4.78 is 12.0. The fourth-order valence-corrected chi connectivity index (χ4v) is 5.20. The van der Waals surface area contributed by atoms with Crippen molar-refractivity contribution in [1.82, 2.24) is 9.80 Å². The standard InChI is InChI=1S/C33H34N2O4/c1-4-31(36)35-18-17-25-13-14-27(20-29(25)32(35)26-12-8-9-23(2)19-26)38-22-28-15-16-30(39-28)33(37)34(3)21-24-10-6-5-7-11-24/h5-16,19-20,32H,4,17-18,21-22H2,1-3H3/t32-/m1/s1. The van der Waals surface area contributed by atoms with Crippen LogP contribution in [0.3, 0.4) is 0 Å². The molecule has 4 aromatic rings. The summed E-state index contributed by atoms with van der Waals surface area (Å²) in [6, 6.07) is 27.6. The van der Waals surface area contributed by atoms with Crippen LogP contribution in [0, 0.1) is 6.92 Å². The number of nitrogens with zero attached hydrogens (tertiary/aromatic N) is 2. The Bertz CT molecular complexity index is 1460. The van der Waals surface area contributed by atoms with E-state index in [0.29, 0.717) is 31.0 Å². The monoisotopic (exact) mass is 522 g/mol. The van der Waals surface area contributed by atoms with Gasteiger partial charge in [0.05, 0.1) is 6.04 Å². The topological polar surface area (TPSA) is 63.0 Å². The van der Waals surface area contributed by atoms with Crippen LogP contribution in [0.5, 0.6) is 5.75 Å². The maximum atomic E-state index is 12.9. The van der Waals surface area contributed by atoms with Crippen molar-refractivity contribution in [2.75, 3.05) is 13.6 Å². The highest BCUT2D eigenvalue weighted by molar-refractivity contribution is 5.91. The lowest BCUT2D eigenvalue weighted by atomic mass is 9.87. The van der Waals surface area contributed by atoms with Crippen LogP contribution in [-0.4, -0.2) is 35.2 Å². The Kier molecular flexibility index (Phi) is 7.82. The van der Waals surface area contributed by atoms with E-state index in [1.165, 1.54) is 5.56 Å². The van der Waals surface area contributed by atoms with E-state index in [2.05, 4.69) is 31.2 Å². The molecule has 1 aliphatic heterocycles. The van der Waals surface area contributed by atoms with E-state index >= 15 is 0 Å². The van der Waals surface area contributed by atoms with Crippen LogP contribution in [0.15, 0.2) is 89.3 Å². The molecule has 3 aromatic carbocycles. The molecule has 6 nitrogen and oxygen atoms in total. The first-order chi connectivity index (χ1) is 18.9. The van der Waals surface area contributed by atoms with Crippen LogP contribution in [0.4, 0.5) is 0 Å². The Hall–Kier alpha value is -4.32. The van der Waals surface area contributed by atoms with E-state index in [0.717, 1.165) is 28.7 Å². The zero-order valence-corrected chi connectivity index (χ0v) is 22.7. The van der Waals surface area contributed by atoms with Gasteiger partial charge in [-0.05, 0) is 59.9 Å². The van der Waals surface area contributed by atoms with Crippen LogP contribution in [0.2, 0.25) is 0 Å². The predicted molar refractivity (Wildman–Crippen MR) is 150 cm³/mol. The van der Waals surface area contributed by atoms with Gasteiger partial charge < -0.3 is 19.0 Å². The number of hydrogen-bond acceptors (Lipinski definition) is 4. The van der Waals surface area contributed by atoms with Crippen molar-refractivity contribution in [3.05, 3.63) is 124 Å². The SMILES string of the molecule is CCC(=O)N1CCc2ccc(OCc3ccc(C(=O)N(C)Cc4ccccc4)o3)cc2[C@H]1c1cccc(C)c1. The van der Waals surface area contributed by atoms with Gasteiger partial charge in [0.25, 0.3) is 5.91 Å². The van der Waals surface area contributed by atoms with Gasteiger partial charge in [-0.1, -0.05) is 73.2 Å². The molecule has 2 amide bonds. The zero-order valence-electron chi connectivity index (χ0n) is 22.7. The molecule has 39 heavy (non-hydrogen) atoms. The maximum absolute atomic E-state index is 12.9. The molecule has 2 heterocycles. The molecule has 0 unspecified atom stereocenters. The smallest absolute Gasteiger partial charge is 0.289 e. The summed E-state index contributed by atoms with van der Waals surface area (Å²) in [6.07, 6.45) is 1.28. The summed E-state index contributed by atoms with van der Waals surface area (Å²) in [5, 5.41) is 0. The van der Waals surface area contributed by atoms with E-state index in [1.807, 2.05) is 60.4 Å². The average Bonchev–Trinajstić information content (AvgIpc) is 3.44. The number of hydrogen-bond donors (Lipinski definition) is 0. The van der Waals surface area contributed by atoms with Gasteiger partial charge >= 0.3 is 0 Å². The second-order valence-corrected chi connectivity index (χ2v) is 10.1. The molecule has 0 radical (unpaired) electrons. The van der Waals surface area contributed by atoms with Gasteiger partial charge in [-0.25, -0.2) is 0 Å². The summed E-state index contributed by atoms with van der Waals surface area (Å²) in [5.74, 6) is 1.51. The van der Waals surface area contributed by atoms with E-state index in [4.69, 9.17) is 9.15 Å². The van der Waals surface area contributed by atoms with E-state index in [-0.39, 0.29) is 30.2 Å². The third-order valence-corrected chi connectivity index (χ3v) is 7.19. The van der Waals surface area contributed by atoms with Crippen LogP contribution in [0.25, 0.3) is 0 Å². The lowest BCUT2D eigenvalue weighted by Gasteiger charge is -2.38. The van der Waals surface area contributed by atoms with Gasteiger partial charge in [0.15, 0.2) is 5.76 Å². The number of amides is 2. The minimum atomic E-state index is -0.180. The van der Waals surface area contributed by atoms with Crippen molar-refractivity contribution in [3.63, 3.8) is 0 Å². The molecule has 1 aliphatic rings. The van der Waals surface area contributed by atoms with Crippen molar-refractivity contribution in [2.45, 2.75) is 45.9 Å². The summed E-state index contributed by atoms with van der Waals surface area (Å²) >= 11 is 0. The van der Waals surface area contributed by atoms with Crippen LogP contribution in [-0.2, 0) is 24.4 Å². The second kappa shape index (κ2) is 11.6. The number of fused-ring (bicyclic) bond motifs is 1. The predicted octanol–water partition coefficient (Wildman–Crippen LogP) is 6.32. The third-order valence-electron chi connectivity index (χ3n) is 7.19. The number of carbonyl (C=O) groups is 2. The molecule has 1 aromatic heterocycles. The summed E-state index contributed by atoms with van der Waals surface area (Å²) in [4.78, 5) is 29.4.